The van der Waals surface area contributed by atoms with Crippen LogP contribution in [0.15, 0.2) is 46.1 Å². The van der Waals surface area contributed by atoms with Crippen LogP contribution in [0.3, 0.4) is 0 Å². The Morgan fingerprint density at radius 2 is 1.41 bits per heavy atom. The fraction of sp³-hybridized carbons (Fsp3) is 0.686. The summed E-state index contributed by atoms with van der Waals surface area (Å²) >= 11 is 0. The van der Waals surface area contributed by atoms with Crippen molar-refractivity contribution in [1.29, 1.82) is 0 Å². The summed E-state index contributed by atoms with van der Waals surface area (Å²) in [6, 6.07) is 6.90. The van der Waals surface area contributed by atoms with E-state index in [1.165, 1.54) is 16.8 Å². The van der Waals surface area contributed by atoms with E-state index < -0.39 is 76.1 Å². The highest BCUT2D eigenvalue weighted by Crippen LogP contribution is 2.46. The lowest BCUT2D eigenvalue weighted by Crippen LogP contribution is -2.58. The highest BCUT2D eigenvalue weighted by molar-refractivity contribution is 6.74. The van der Waals surface area contributed by atoms with E-state index in [9.17, 15) is 19.5 Å². The summed E-state index contributed by atoms with van der Waals surface area (Å²) in [4.78, 5) is 40.5. The molecular formula is C35H59N3O9Si2. The minimum absolute atomic E-state index is 0.00243. The van der Waals surface area contributed by atoms with Gasteiger partial charge in [-0.05, 0) is 74.7 Å². The molecule has 0 amide bonds. The molecule has 6 atom stereocenters. The van der Waals surface area contributed by atoms with Crippen LogP contribution in [0.5, 0.6) is 5.75 Å². The zero-order chi connectivity index (χ0) is 37.5. The monoisotopic (exact) mass is 721 g/mol. The van der Waals surface area contributed by atoms with Crippen LogP contribution in [-0.2, 0) is 29.7 Å². The molecule has 2 heterocycles. The van der Waals surface area contributed by atoms with Crippen LogP contribution in [0, 0.1) is 0 Å². The van der Waals surface area contributed by atoms with Gasteiger partial charge in [0, 0.05) is 12.3 Å². The van der Waals surface area contributed by atoms with E-state index in [0.717, 1.165) is 10.1 Å². The van der Waals surface area contributed by atoms with Gasteiger partial charge in [0.25, 0.3) is 5.56 Å². The molecular weight excluding hydrogens is 663 g/mol. The predicted octanol–water partition coefficient (Wildman–Crippen LogP) is 4.78. The molecule has 3 rings (SSSR count). The standard InChI is InChI=1S/C35H59N3O9Si2/c1-33(2,3)45-31(41)25(36)26(40)27-28(46-48(11,12)34(4,5)6)29(47-49(13,14)35(7,8)9)30(44-27)37-20-19-24(39)38(32(37)42)21-22-15-17-23(43-10)18-16-22/h15-20,25-30,40H,21,36H2,1-14H3/t25-,26-,27+,28-,29-,30+/m0/s1. The van der Waals surface area contributed by atoms with Gasteiger partial charge in [-0.15, -0.1) is 0 Å². The van der Waals surface area contributed by atoms with E-state index >= 15 is 0 Å². The smallest absolute Gasteiger partial charge is 0.333 e. The second-order valence-electron chi connectivity index (χ2n) is 17.0. The summed E-state index contributed by atoms with van der Waals surface area (Å²) in [5.41, 5.74) is 5.11. The molecule has 1 saturated heterocycles. The van der Waals surface area contributed by atoms with Crippen LogP contribution in [0.4, 0.5) is 0 Å². The van der Waals surface area contributed by atoms with Crippen molar-refractivity contribution in [3.63, 3.8) is 0 Å². The van der Waals surface area contributed by atoms with Gasteiger partial charge in [-0.25, -0.2) is 4.79 Å². The van der Waals surface area contributed by atoms with Crippen molar-refractivity contribution >= 4 is 22.6 Å². The van der Waals surface area contributed by atoms with Gasteiger partial charge >= 0.3 is 11.7 Å². The summed E-state index contributed by atoms with van der Waals surface area (Å²) in [5.74, 6) is -0.154. The molecule has 49 heavy (non-hydrogen) atoms. The zero-order valence-electron chi connectivity index (χ0n) is 31.8. The molecule has 14 heteroatoms. The normalized spacial score (nSPS) is 22.1. The van der Waals surface area contributed by atoms with Gasteiger partial charge in [0.05, 0.1) is 13.7 Å². The number of benzene rings is 1. The molecule has 0 saturated carbocycles. The van der Waals surface area contributed by atoms with E-state index in [1.54, 1.807) is 52.1 Å². The molecule has 1 aliphatic rings. The van der Waals surface area contributed by atoms with Crippen molar-refractivity contribution in [3.8, 4) is 5.75 Å². The van der Waals surface area contributed by atoms with Crippen molar-refractivity contribution in [3.05, 3.63) is 62.9 Å². The van der Waals surface area contributed by atoms with Gasteiger partial charge in [-0.2, -0.15) is 0 Å². The Balaban J connectivity index is 2.23. The molecule has 1 aliphatic heterocycles. The molecule has 1 aromatic heterocycles. The first-order chi connectivity index (χ1) is 22.2. The molecule has 1 fully saturated rings. The topological polar surface area (TPSA) is 153 Å². The van der Waals surface area contributed by atoms with E-state index in [0.29, 0.717) is 5.75 Å². The number of esters is 1. The second kappa shape index (κ2) is 14.6. The molecule has 0 bridgehead atoms. The van der Waals surface area contributed by atoms with Crippen molar-refractivity contribution in [2.45, 2.75) is 147 Å². The van der Waals surface area contributed by atoms with E-state index in [4.69, 9.17) is 28.8 Å². The number of hydrogen-bond donors (Lipinski definition) is 2. The fourth-order valence-corrected chi connectivity index (χ4v) is 7.54. The fourth-order valence-electron chi connectivity index (χ4n) is 4.95. The highest BCUT2D eigenvalue weighted by Gasteiger charge is 2.57. The average molecular weight is 722 g/mol. The summed E-state index contributed by atoms with van der Waals surface area (Å²) in [7, 11) is -3.66. The molecule has 2 aromatic rings. The van der Waals surface area contributed by atoms with Crippen molar-refractivity contribution in [2.24, 2.45) is 5.73 Å². The molecule has 0 radical (unpaired) electrons. The number of rotatable bonds is 11. The summed E-state index contributed by atoms with van der Waals surface area (Å²) in [6.45, 7) is 26.0. The number of aliphatic hydroxyl groups is 1. The van der Waals surface area contributed by atoms with Crippen LogP contribution in [0.1, 0.15) is 74.1 Å². The Hall–Kier alpha value is -2.60. The van der Waals surface area contributed by atoms with Crippen LogP contribution < -0.4 is 21.7 Å². The third-order valence-corrected chi connectivity index (χ3v) is 18.9. The SMILES string of the molecule is COc1ccc(Cn2c(=O)ccn([C@@H]3O[C@H]([C@@H](O)[C@H](N)C(=O)OC(C)(C)C)[C@H](O[Si](C)(C)C(C)(C)C)[C@@H]3O[Si](C)(C)C(C)(C)C)c2=O)cc1. The second-order valence-corrected chi connectivity index (χ2v) is 26.5. The van der Waals surface area contributed by atoms with Crippen molar-refractivity contribution in [1.82, 2.24) is 9.13 Å². The highest BCUT2D eigenvalue weighted by atomic mass is 28.4. The average Bonchev–Trinajstić information content (AvgIpc) is 3.28. The lowest BCUT2D eigenvalue weighted by molar-refractivity contribution is -0.164. The van der Waals surface area contributed by atoms with Crippen LogP contribution in [0.2, 0.25) is 36.3 Å². The Labute approximate surface area is 293 Å². The Bertz CT molecular complexity index is 1570. The molecule has 0 aliphatic carbocycles. The van der Waals surface area contributed by atoms with E-state index in [-0.39, 0.29) is 16.6 Å². The summed E-state index contributed by atoms with van der Waals surface area (Å²) in [5, 5.41) is 11.3. The number of nitrogens with zero attached hydrogens (tertiary/aromatic N) is 2. The summed E-state index contributed by atoms with van der Waals surface area (Å²) in [6.07, 6.45) is -4.37. The number of ether oxygens (including phenoxy) is 3. The maximum atomic E-state index is 14.2. The number of aliphatic hydroxyl groups excluding tert-OH is 1. The van der Waals surface area contributed by atoms with Gasteiger partial charge in [-0.3, -0.25) is 18.7 Å². The Morgan fingerprint density at radius 3 is 1.88 bits per heavy atom. The Kier molecular flexibility index (Phi) is 12.1. The van der Waals surface area contributed by atoms with Crippen LogP contribution in [-0.4, -0.2) is 80.0 Å². The van der Waals surface area contributed by atoms with Crippen LogP contribution in [0.25, 0.3) is 0 Å². The van der Waals surface area contributed by atoms with E-state index in [2.05, 4.69) is 67.7 Å². The van der Waals surface area contributed by atoms with Gasteiger partial charge < -0.3 is 33.9 Å². The molecule has 0 spiro atoms. The lowest BCUT2D eigenvalue weighted by atomic mass is 10.00. The number of nitrogens with two attached hydrogens (primary N) is 1. The number of methoxy groups -OCH3 is 1. The van der Waals surface area contributed by atoms with E-state index in [1.807, 2.05) is 0 Å². The number of carbonyl (C=O) groups excluding carboxylic acids is 1. The number of hydrogen-bond acceptors (Lipinski definition) is 10. The molecule has 12 nitrogen and oxygen atoms in total. The zero-order valence-corrected chi connectivity index (χ0v) is 33.8. The van der Waals surface area contributed by atoms with Crippen LogP contribution >= 0.6 is 0 Å². The molecule has 276 valence electrons. The van der Waals surface area contributed by atoms with Crippen molar-refractivity contribution in [2.75, 3.05) is 7.11 Å². The maximum absolute atomic E-state index is 14.2. The third-order valence-electron chi connectivity index (χ3n) is 9.95. The quantitative estimate of drug-likeness (QED) is 0.245. The maximum Gasteiger partial charge on any atom is 0.333 e. The first-order valence-electron chi connectivity index (χ1n) is 16.8. The summed E-state index contributed by atoms with van der Waals surface area (Å²) < 4.78 is 33.9. The third kappa shape index (κ3) is 9.40. The molecule has 3 N–H and O–H groups in total. The first-order valence-corrected chi connectivity index (χ1v) is 22.6. The predicted molar refractivity (Wildman–Crippen MR) is 195 cm³/mol. The molecule has 0 unspecified atom stereocenters. The largest absolute Gasteiger partial charge is 0.497 e. The Morgan fingerprint density at radius 1 is 0.898 bits per heavy atom. The van der Waals surface area contributed by atoms with Gasteiger partial charge in [0.15, 0.2) is 22.9 Å². The number of aromatic nitrogens is 2. The lowest BCUT2D eigenvalue weighted by Gasteiger charge is -2.44. The minimum Gasteiger partial charge on any atom is -0.497 e. The minimum atomic E-state index is -2.61. The van der Waals surface area contributed by atoms with Gasteiger partial charge in [0.2, 0.25) is 0 Å². The van der Waals surface area contributed by atoms with Gasteiger partial charge in [-0.1, -0.05) is 53.7 Å². The molecule has 1 aromatic carbocycles. The van der Waals surface area contributed by atoms with Gasteiger partial charge in [0.1, 0.15) is 41.8 Å². The number of carbonyl (C=O) groups is 1. The first kappa shape index (κ1) is 40.8. The van der Waals surface area contributed by atoms with Crippen molar-refractivity contribution < 1.29 is 33.0 Å².